The number of carbonyl (C=O) groups excluding carboxylic acids is 2. The smallest absolute Gasteiger partial charge is 0.428 e. The van der Waals surface area contributed by atoms with E-state index < -0.39 is 39.0 Å². The van der Waals surface area contributed by atoms with Gasteiger partial charge in [-0.2, -0.15) is 0 Å². The number of rotatable bonds is 10. The van der Waals surface area contributed by atoms with Crippen LogP contribution in [0.1, 0.15) is 66.4 Å². The van der Waals surface area contributed by atoms with E-state index in [1.807, 2.05) is 45.0 Å². The Kier molecular flexibility index (Phi) is 10.8. The molecule has 1 aromatic rings. The lowest BCUT2D eigenvalue weighted by Gasteiger charge is -2.33. The molecule has 0 radical (unpaired) electrons. The average molecular weight is 611 g/mol. The zero-order valence-corrected chi connectivity index (χ0v) is 24.2. The third-order valence-corrected chi connectivity index (χ3v) is 8.14. The van der Waals surface area contributed by atoms with Gasteiger partial charge in [0.05, 0.1) is 23.5 Å². The normalized spacial score (nSPS) is 14.3. The van der Waals surface area contributed by atoms with Gasteiger partial charge < -0.3 is 9.84 Å². The van der Waals surface area contributed by atoms with Crippen molar-refractivity contribution in [2.45, 2.75) is 71.8 Å². The van der Waals surface area contributed by atoms with Gasteiger partial charge in [0.2, 0.25) is 5.91 Å². The fraction of sp³-hybridized carbons (Fsp3) is 0.667. The van der Waals surface area contributed by atoms with E-state index in [0.717, 1.165) is 14.1 Å². The fourth-order valence-electron chi connectivity index (χ4n) is 3.67. The number of sulfone groups is 1. The second-order valence-electron chi connectivity index (χ2n) is 10.7. The maximum absolute atomic E-state index is 13.4. The molecule has 1 atom stereocenters. The van der Waals surface area contributed by atoms with Gasteiger partial charge in [-0.1, -0.05) is 32.4 Å². The maximum atomic E-state index is 13.4. The lowest BCUT2D eigenvalue weighted by Crippen LogP contribution is -2.52. The van der Waals surface area contributed by atoms with Crippen LogP contribution in [0, 0.1) is 8.99 Å². The number of hydrogen-bond donors (Lipinski definition) is 2. The van der Waals surface area contributed by atoms with Crippen LogP contribution in [0.5, 0.6) is 0 Å². The average Bonchev–Trinajstić information content (AvgIpc) is 2.65. The number of aliphatic hydroxyl groups is 1. The quantitative estimate of drug-likeness (QED) is 0.306. The zero-order chi connectivity index (χ0) is 26.4. The molecule has 0 unspecified atom stereocenters. The van der Waals surface area contributed by atoms with Crippen LogP contribution in [0.3, 0.4) is 0 Å². The summed E-state index contributed by atoms with van der Waals surface area (Å²) in [5.41, 5.74) is 1.29. The molecule has 2 amide bonds. The number of hydrazine groups is 1. The summed E-state index contributed by atoms with van der Waals surface area (Å²) in [6, 6.07) is 7.63. The second kappa shape index (κ2) is 12.0. The van der Waals surface area contributed by atoms with Gasteiger partial charge in [0.25, 0.3) is 0 Å². The molecule has 8 nitrogen and oxygen atoms in total. The number of aliphatic hydroxyl groups excluding tert-OH is 1. The molecule has 0 saturated carbocycles. The molecule has 0 fully saturated rings. The van der Waals surface area contributed by atoms with Crippen molar-refractivity contribution in [3.05, 3.63) is 33.4 Å². The Morgan fingerprint density at radius 2 is 1.74 bits per heavy atom. The van der Waals surface area contributed by atoms with Gasteiger partial charge in [-0.25, -0.2) is 18.2 Å². The Labute approximate surface area is 217 Å². The van der Waals surface area contributed by atoms with Crippen LogP contribution in [0.4, 0.5) is 4.79 Å². The molecule has 10 heteroatoms. The third-order valence-electron chi connectivity index (χ3n) is 5.44. The molecule has 194 valence electrons. The Morgan fingerprint density at radius 3 is 2.26 bits per heavy atom. The number of benzene rings is 1. The van der Waals surface area contributed by atoms with E-state index in [1.165, 1.54) is 7.05 Å². The van der Waals surface area contributed by atoms with Crippen LogP contribution in [0.2, 0.25) is 0 Å². The van der Waals surface area contributed by atoms with Crippen molar-refractivity contribution in [3.8, 4) is 0 Å². The van der Waals surface area contributed by atoms with E-state index in [2.05, 4.69) is 28.0 Å². The van der Waals surface area contributed by atoms with Crippen LogP contribution in [-0.2, 0) is 24.8 Å². The van der Waals surface area contributed by atoms with Gasteiger partial charge in [0.15, 0.2) is 9.84 Å². The van der Waals surface area contributed by atoms with Crippen molar-refractivity contribution in [1.82, 2.24) is 10.4 Å². The van der Waals surface area contributed by atoms with Crippen molar-refractivity contribution >= 4 is 44.4 Å². The van der Waals surface area contributed by atoms with Crippen molar-refractivity contribution in [1.29, 1.82) is 0 Å². The van der Waals surface area contributed by atoms with Gasteiger partial charge in [-0.05, 0) is 86.2 Å². The number of halogens is 1. The molecule has 0 bridgehead atoms. The maximum Gasteiger partial charge on any atom is 0.428 e. The van der Waals surface area contributed by atoms with Crippen LogP contribution in [-0.4, -0.2) is 61.3 Å². The van der Waals surface area contributed by atoms with Crippen LogP contribution >= 0.6 is 22.6 Å². The van der Waals surface area contributed by atoms with Gasteiger partial charge in [-0.15, -0.1) is 0 Å². The summed E-state index contributed by atoms with van der Waals surface area (Å²) >= 11 is 2.19. The fourth-order valence-corrected chi connectivity index (χ4v) is 5.97. The summed E-state index contributed by atoms with van der Waals surface area (Å²) < 4.78 is 30.7. The summed E-state index contributed by atoms with van der Waals surface area (Å²) in [6.07, 6.45) is 0.950. The summed E-state index contributed by atoms with van der Waals surface area (Å²) in [5, 5.41) is 10.0. The highest BCUT2D eigenvalue weighted by molar-refractivity contribution is 14.1. The highest BCUT2D eigenvalue weighted by atomic mass is 127. The third kappa shape index (κ3) is 10.1. The highest BCUT2D eigenvalue weighted by Crippen LogP contribution is 2.34. The number of amides is 2. The Balaban J connectivity index is 3.05. The van der Waals surface area contributed by atoms with Gasteiger partial charge >= 0.3 is 6.09 Å². The summed E-state index contributed by atoms with van der Waals surface area (Å²) in [6.45, 7) is 10.4. The lowest BCUT2D eigenvalue weighted by molar-refractivity contribution is -0.131. The molecule has 0 saturated heterocycles. The van der Waals surface area contributed by atoms with Gasteiger partial charge in [-0.3, -0.25) is 10.2 Å². The molecule has 0 aromatic heterocycles. The molecule has 0 spiro atoms. The summed E-state index contributed by atoms with van der Waals surface area (Å²) in [5.74, 6) is -0.641. The first-order valence-corrected chi connectivity index (χ1v) is 14.2. The van der Waals surface area contributed by atoms with Crippen molar-refractivity contribution in [3.63, 3.8) is 0 Å². The molecule has 34 heavy (non-hydrogen) atoms. The minimum Gasteiger partial charge on any atom is -0.442 e. The molecule has 2 N–H and O–H groups in total. The molecule has 0 heterocycles. The Bertz CT molecular complexity index is 958. The number of nitrogens with one attached hydrogen (secondary N) is 1. The van der Waals surface area contributed by atoms with E-state index in [1.54, 1.807) is 20.8 Å². The molecule has 0 aliphatic heterocycles. The van der Waals surface area contributed by atoms with E-state index in [0.29, 0.717) is 19.3 Å². The van der Waals surface area contributed by atoms with Crippen LogP contribution < -0.4 is 5.43 Å². The van der Waals surface area contributed by atoms with Crippen molar-refractivity contribution in [2.24, 2.45) is 5.41 Å². The topological polar surface area (TPSA) is 113 Å². The molecule has 0 aliphatic carbocycles. The van der Waals surface area contributed by atoms with E-state index in [9.17, 15) is 18.0 Å². The molecule has 1 rings (SSSR count). The van der Waals surface area contributed by atoms with E-state index in [-0.39, 0.29) is 17.4 Å². The van der Waals surface area contributed by atoms with E-state index >= 15 is 0 Å². The standard InChI is InChI=1S/C24H39IN2O6S/c1-22(2,3)33-21(30)27(7)26-20(29)24(6,18-10-8-11-19(25)16-18)13-9-12-23(4,5)17-34(31,32)15-14-28/h8,10-11,16,28H,9,12-15,17H2,1-7H3,(H,26,29)/t24-/m1/s1. The first-order valence-electron chi connectivity index (χ1n) is 11.3. The number of carbonyl (C=O) groups is 2. The molecular formula is C24H39IN2O6S. The highest BCUT2D eigenvalue weighted by Gasteiger charge is 2.37. The molecular weight excluding hydrogens is 571 g/mol. The minimum absolute atomic E-state index is 0.0336. The minimum atomic E-state index is -3.36. The second-order valence-corrected chi connectivity index (χ2v) is 14.1. The van der Waals surface area contributed by atoms with Crippen molar-refractivity contribution in [2.75, 3.05) is 25.2 Å². The zero-order valence-electron chi connectivity index (χ0n) is 21.3. The first-order chi connectivity index (χ1) is 15.4. The number of nitrogens with zero attached hydrogens (tertiary/aromatic N) is 1. The molecule has 0 aliphatic rings. The van der Waals surface area contributed by atoms with Crippen LogP contribution in [0.25, 0.3) is 0 Å². The SMILES string of the molecule is CN(NC(=O)[C@](C)(CCCC(C)(C)CS(=O)(=O)CCO)c1cccc(I)c1)C(=O)OC(C)(C)C. The largest absolute Gasteiger partial charge is 0.442 e. The predicted molar refractivity (Wildman–Crippen MR) is 142 cm³/mol. The summed E-state index contributed by atoms with van der Waals surface area (Å²) in [4.78, 5) is 25.8. The summed E-state index contributed by atoms with van der Waals surface area (Å²) in [7, 11) is -1.92. The van der Waals surface area contributed by atoms with Crippen LogP contribution in [0.15, 0.2) is 24.3 Å². The van der Waals surface area contributed by atoms with Gasteiger partial charge in [0, 0.05) is 10.6 Å². The number of ether oxygens (including phenoxy) is 1. The molecule has 1 aromatic carbocycles. The first kappa shape index (κ1) is 30.6. The Morgan fingerprint density at radius 1 is 1.12 bits per heavy atom. The van der Waals surface area contributed by atoms with E-state index in [4.69, 9.17) is 9.84 Å². The Hall–Kier alpha value is -1.40. The monoisotopic (exact) mass is 610 g/mol. The number of hydrogen-bond acceptors (Lipinski definition) is 6. The van der Waals surface area contributed by atoms with Gasteiger partial charge in [0.1, 0.15) is 5.60 Å². The van der Waals surface area contributed by atoms with Crippen molar-refractivity contribution < 1.29 is 27.9 Å². The predicted octanol–water partition coefficient (Wildman–Crippen LogP) is 4.05. The lowest BCUT2D eigenvalue weighted by atomic mass is 9.75.